The number of aliphatic hydroxyl groups is 1. The Labute approximate surface area is 90.6 Å². The maximum absolute atomic E-state index is 11.7. The van der Waals surface area contributed by atoms with E-state index in [1.165, 1.54) is 6.42 Å². The Bertz CT molecular complexity index is 233. The first-order chi connectivity index (χ1) is 7.29. The van der Waals surface area contributed by atoms with Crippen LogP contribution in [0.3, 0.4) is 0 Å². The summed E-state index contributed by atoms with van der Waals surface area (Å²) in [7, 11) is 0. The Morgan fingerprint density at radius 2 is 2.00 bits per heavy atom. The lowest BCUT2D eigenvalue weighted by Gasteiger charge is -2.36. The van der Waals surface area contributed by atoms with Gasteiger partial charge in [0.1, 0.15) is 0 Å². The number of aliphatic hydroxyl groups excluding tert-OH is 1. The van der Waals surface area contributed by atoms with E-state index in [1.807, 2.05) is 4.90 Å². The van der Waals surface area contributed by atoms with Gasteiger partial charge in [0.05, 0.1) is 12.1 Å². The Balaban J connectivity index is 2.02. The molecule has 0 aromatic carbocycles. The lowest BCUT2D eigenvalue weighted by Crippen LogP contribution is -2.54. The monoisotopic (exact) mass is 212 g/mol. The van der Waals surface area contributed by atoms with Crippen LogP contribution in [0.25, 0.3) is 0 Å². The van der Waals surface area contributed by atoms with E-state index in [9.17, 15) is 9.90 Å². The zero-order chi connectivity index (χ0) is 10.7. The molecule has 0 aromatic rings. The highest BCUT2D eigenvalue weighted by Gasteiger charge is 2.31. The second-order valence-corrected chi connectivity index (χ2v) is 4.55. The van der Waals surface area contributed by atoms with Crippen LogP contribution in [-0.4, -0.2) is 41.3 Å². The molecule has 2 aliphatic rings. The van der Waals surface area contributed by atoms with Crippen molar-refractivity contribution in [2.24, 2.45) is 0 Å². The quantitative estimate of drug-likeness (QED) is 0.639. The molecule has 0 spiro atoms. The van der Waals surface area contributed by atoms with Gasteiger partial charge in [0.15, 0.2) is 0 Å². The zero-order valence-electron chi connectivity index (χ0n) is 9.11. The summed E-state index contributed by atoms with van der Waals surface area (Å²) < 4.78 is 0. The highest BCUT2D eigenvalue weighted by molar-refractivity contribution is 5.75. The van der Waals surface area contributed by atoms with Gasteiger partial charge in [-0.15, -0.1) is 0 Å². The van der Waals surface area contributed by atoms with Gasteiger partial charge in [-0.3, -0.25) is 0 Å². The molecule has 86 valence electrons. The van der Waals surface area contributed by atoms with Crippen LogP contribution in [0, 0.1) is 0 Å². The molecule has 2 fully saturated rings. The zero-order valence-corrected chi connectivity index (χ0v) is 9.11. The summed E-state index contributed by atoms with van der Waals surface area (Å²) >= 11 is 0. The highest BCUT2D eigenvalue weighted by atomic mass is 16.3. The molecule has 2 N–H and O–H groups in total. The number of hydrogen-bond donors (Lipinski definition) is 2. The lowest BCUT2D eigenvalue weighted by atomic mass is 10.0. The third-order valence-electron chi connectivity index (χ3n) is 3.46. The molecule has 15 heavy (non-hydrogen) atoms. The normalized spacial score (nSPS) is 33.4. The van der Waals surface area contributed by atoms with Crippen molar-refractivity contribution in [2.75, 3.05) is 13.1 Å². The first-order valence-corrected chi connectivity index (χ1v) is 6.01. The molecule has 2 atom stereocenters. The third kappa shape index (κ3) is 2.43. The number of amides is 2. The van der Waals surface area contributed by atoms with Crippen LogP contribution in [0.4, 0.5) is 4.79 Å². The van der Waals surface area contributed by atoms with Gasteiger partial charge in [0.25, 0.3) is 0 Å². The van der Waals surface area contributed by atoms with E-state index < -0.39 is 0 Å². The van der Waals surface area contributed by atoms with Crippen molar-refractivity contribution in [3.05, 3.63) is 0 Å². The van der Waals surface area contributed by atoms with Gasteiger partial charge in [-0.2, -0.15) is 0 Å². The third-order valence-corrected chi connectivity index (χ3v) is 3.46. The smallest absolute Gasteiger partial charge is 0.317 e. The minimum atomic E-state index is -0.323. The van der Waals surface area contributed by atoms with Gasteiger partial charge in [0, 0.05) is 13.1 Å². The second kappa shape index (κ2) is 4.84. The molecule has 2 amide bonds. The number of carbonyl (C=O) groups is 1. The summed E-state index contributed by atoms with van der Waals surface area (Å²) in [5, 5.41) is 12.8. The molecular weight excluding hydrogens is 192 g/mol. The van der Waals surface area contributed by atoms with Crippen LogP contribution in [0.15, 0.2) is 0 Å². The Hall–Kier alpha value is -0.770. The largest absolute Gasteiger partial charge is 0.391 e. The van der Waals surface area contributed by atoms with Crippen LogP contribution >= 0.6 is 0 Å². The highest BCUT2D eigenvalue weighted by Crippen LogP contribution is 2.23. The van der Waals surface area contributed by atoms with Crippen LogP contribution in [0.5, 0.6) is 0 Å². The fourth-order valence-electron chi connectivity index (χ4n) is 2.60. The van der Waals surface area contributed by atoms with Crippen molar-refractivity contribution >= 4 is 6.03 Å². The maximum Gasteiger partial charge on any atom is 0.317 e. The number of carbonyl (C=O) groups excluding carboxylic acids is 1. The van der Waals surface area contributed by atoms with E-state index in [0.29, 0.717) is 0 Å². The van der Waals surface area contributed by atoms with Gasteiger partial charge in [0.2, 0.25) is 0 Å². The molecule has 1 saturated heterocycles. The predicted molar refractivity (Wildman–Crippen MR) is 57.6 cm³/mol. The maximum atomic E-state index is 11.7. The minimum absolute atomic E-state index is 0.00667. The second-order valence-electron chi connectivity index (χ2n) is 4.55. The van der Waals surface area contributed by atoms with Crippen molar-refractivity contribution in [1.29, 1.82) is 0 Å². The molecule has 0 aromatic heterocycles. The van der Waals surface area contributed by atoms with Gasteiger partial charge in [-0.25, -0.2) is 4.79 Å². The van der Waals surface area contributed by atoms with Crippen molar-refractivity contribution in [3.8, 4) is 0 Å². The summed E-state index contributed by atoms with van der Waals surface area (Å²) in [4.78, 5) is 13.5. The SMILES string of the molecule is O=C1NCCCN1C1CCCCCC1O. The molecule has 0 radical (unpaired) electrons. The number of nitrogens with one attached hydrogen (secondary N) is 1. The summed E-state index contributed by atoms with van der Waals surface area (Å²) in [6.07, 6.45) is 5.87. The molecule has 0 bridgehead atoms. The summed E-state index contributed by atoms with van der Waals surface area (Å²) in [6, 6.07) is 0.0556. The van der Waals surface area contributed by atoms with Crippen LogP contribution in [0.1, 0.15) is 38.5 Å². The van der Waals surface area contributed by atoms with E-state index in [1.54, 1.807) is 0 Å². The van der Waals surface area contributed by atoms with Gasteiger partial charge >= 0.3 is 6.03 Å². The molecule has 1 heterocycles. The molecular formula is C11H20N2O2. The minimum Gasteiger partial charge on any atom is -0.391 e. The van der Waals surface area contributed by atoms with Gasteiger partial charge < -0.3 is 15.3 Å². The fraction of sp³-hybridized carbons (Fsp3) is 0.909. The Kier molecular flexibility index (Phi) is 3.46. The van der Waals surface area contributed by atoms with E-state index in [4.69, 9.17) is 0 Å². The van der Waals surface area contributed by atoms with E-state index in [2.05, 4.69) is 5.32 Å². The van der Waals surface area contributed by atoms with Gasteiger partial charge in [-0.05, 0) is 19.3 Å². The molecule has 4 nitrogen and oxygen atoms in total. The first kappa shape index (κ1) is 10.7. The standard InChI is InChI=1S/C11H20N2O2/c14-10-6-3-1-2-5-9(10)13-8-4-7-12-11(13)15/h9-10,14H,1-8H2,(H,12,15). The summed E-state index contributed by atoms with van der Waals surface area (Å²) in [6.45, 7) is 1.58. The Morgan fingerprint density at radius 1 is 1.20 bits per heavy atom. The number of rotatable bonds is 1. The molecule has 1 saturated carbocycles. The molecule has 1 aliphatic heterocycles. The predicted octanol–water partition coefficient (Wildman–Crippen LogP) is 1.10. The molecule has 2 rings (SSSR count). The van der Waals surface area contributed by atoms with E-state index in [0.717, 1.165) is 45.2 Å². The lowest BCUT2D eigenvalue weighted by molar-refractivity contribution is 0.0553. The Morgan fingerprint density at radius 3 is 2.80 bits per heavy atom. The topological polar surface area (TPSA) is 52.6 Å². The summed E-state index contributed by atoms with van der Waals surface area (Å²) in [5.41, 5.74) is 0. The number of urea groups is 1. The fourth-order valence-corrected chi connectivity index (χ4v) is 2.60. The van der Waals surface area contributed by atoms with E-state index in [-0.39, 0.29) is 18.2 Å². The molecule has 4 heteroatoms. The summed E-state index contributed by atoms with van der Waals surface area (Å²) in [5.74, 6) is 0. The first-order valence-electron chi connectivity index (χ1n) is 6.01. The van der Waals surface area contributed by atoms with Crippen LogP contribution in [0.2, 0.25) is 0 Å². The molecule has 1 aliphatic carbocycles. The number of nitrogens with zero attached hydrogens (tertiary/aromatic N) is 1. The average molecular weight is 212 g/mol. The van der Waals surface area contributed by atoms with Crippen molar-refractivity contribution in [1.82, 2.24) is 10.2 Å². The molecule has 2 unspecified atom stereocenters. The van der Waals surface area contributed by atoms with Crippen LogP contribution in [-0.2, 0) is 0 Å². The van der Waals surface area contributed by atoms with Crippen molar-refractivity contribution in [2.45, 2.75) is 50.7 Å². The average Bonchev–Trinajstić information content (AvgIpc) is 2.44. The van der Waals surface area contributed by atoms with E-state index >= 15 is 0 Å². The van der Waals surface area contributed by atoms with Crippen molar-refractivity contribution < 1.29 is 9.90 Å². The van der Waals surface area contributed by atoms with Gasteiger partial charge in [-0.1, -0.05) is 19.3 Å². The van der Waals surface area contributed by atoms with Crippen LogP contribution < -0.4 is 5.32 Å². The number of hydrogen-bond acceptors (Lipinski definition) is 2. The van der Waals surface area contributed by atoms with Crippen molar-refractivity contribution in [3.63, 3.8) is 0 Å².